The summed E-state index contributed by atoms with van der Waals surface area (Å²) in [5.41, 5.74) is 4.64. The van der Waals surface area contributed by atoms with E-state index in [1.54, 1.807) is 5.57 Å². The van der Waals surface area contributed by atoms with Gasteiger partial charge in [-0.05, 0) is 137 Å². The molecule has 0 aliphatic heterocycles. The van der Waals surface area contributed by atoms with Gasteiger partial charge in [-0.3, -0.25) is 0 Å². The fourth-order valence-corrected chi connectivity index (χ4v) is 10.6. The molecular formula is C32H56OSi. The fourth-order valence-electron chi connectivity index (χ4n) is 9.42. The van der Waals surface area contributed by atoms with Crippen molar-refractivity contribution in [1.82, 2.24) is 0 Å². The van der Waals surface area contributed by atoms with Crippen LogP contribution in [-0.4, -0.2) is 14.4 Å². The SMILES string of the molecule is C/C=C(/CC[C@@H](C)[C@H]1CC[C@H]2C3=CCC4CC(O[Si](C)(C)C)CC[C@]4(C)[C@H]3CC[C@]12C)C(C)C. The second-order valence-electron chi connectivity index (χ2n) is 14.6. The van der Waals surface area contributed by atoms with E-state index in [9.17, 15) is 0 Å². The minimum Gasteiger partial charge on any atom is -0.415 e. The lowest BCUT2D eigenvalue weighted by atomic mass is 9.47. The average Bonchev–Trinajstić information content (AvgIpc) is 3.10. The van der Waals surface area contributed by atoms with Crippen molar-refractivity contribution in [2.75, 3.05) is 0 Å². The first-order valence-electron chi connectivity index (χ1n) is 14.9. The highest BCUT2D eigenvalue weighted by Gasteiger charge is 2.58. The van der Waals surface area contributed by atoms with Crippen LogP contribution in [0.3, 0.4) is 0 Å². The number of hydrogen-bond donors (Lipinski definition) is 0. The molecular weight excluding hydrogens is 428 g/mol. The zero-order chi connectivity index (χ0) is 24.9. The molecule has 0 heterocycles. The van der Waals surface area contributed by atoms with Gasteiger partial charge in [0.15, 0.2) is 8.32 Å². The summed E-state index contributed by atoms with van der Waals surface area (Å²) in [6, 6.07) is 0. The first-order chi connectivity index (χ1) is 15.9. The van der Waals surface area contributed by atoms with Crippen molar-refractivity contribution < 1.29 is 4.43 Å². The van der Waals surface area contributed by atoms with Crippen LogP contribution in [0.4, 0.5) is 0 Å². The highest BCUT2D eigenvalue weighted by Crippen LogP contribution is 2.67. The van der Waals surface area contributed by atoms with E-state index in [1.807, 2.05) is 5.57 Å². The molecule has 4 rings (SSSR count). The average molecular weight is 485 g/mol. The summed E-state index contributed by atoms with van der Waals surface area (Å²) in [6.45, 7) is 22.0. The van der Waals surface area contributed by atoms with Crippen LogP contribution < -0.4 is 0 Å². The second-order valence-corrected chi connectivity index (χ2v) is 19.1. The molecule has 8 atom stereocenters. The maximum Gasteiger partial charge on any atom is 0.184 e. The van der Waals surface area contributed by atoms with E-state index in [-0.39, 0.29) is 0 Å². The predicted molar refractivity (Wildman–Crippen MR) is 150 cm³/mol. The summed E-state index contributed by atoms with van der Waals surface area (Å²) >= 11 is 0. The van der Waals surface area contributed by atoms with E-state index in [2.05, 4.69) is 73.3 Å². The van der Waals surface area contributed by atoms with Crippen LogP contribution in [0.2, 0.25) is 19.6 Å². The Kier molecular flexibility index (Phi) is 7.73. The zero-order valence-electron chi connectivity index (χ0n) is 24.2. The van der Waals surface area contributed by atoms with E-state index in [1.165, 1.54) is 64.2 Å². The summed E-state index contributed by atoms with van der Waals surface area (Å²) in [5.74, 6) is 5.01. The number of allylic oxidation sites excluding steroid dienone is 4. The largest absolute Gasteiger partial charge is 0.415 e. The smallest absolute Gasteiger partial charge is 0.184 e. The summed E-state index contributed by atoms with van der Waals surface area (Å²) in [7, 11) is -1.45. The monoisotopic (exact) mass is 484 g/mol. The predicted octanol–water partition coefficient (Wildman–Crippen LogP) is 9.80. The molecule has 0 spiro atoms. The van der Waals surface area contributed by atoms with Gasteiger partial charge >= 0.3 is 0 Å². The lowest BCUT2D eigenvalue weighted by Crippen LogP contribution is -2.50. The number of fused-ring (bicyclic) bond motifs is 5. The minimum absolute atomic E-state index is 0.520. The molecule has 0 amide bonds. The Balaban J connectivity index is 1.47. The molecule has 0 aromatic carbocycles. The van der Waals surface area contributed by atoms with Crippen LogP contribution in [0.1, 0.15) is 106 Å². The van der Waals surface area contributed by atoms with Crippen molar-refractivity contribution in [3.63, 3.8) is 0 Å². The van der Waals surface area contributed by atoms with Gasteiger partial charge in [0, 0.05) is 6.10 Å². The summed E-state index contributed by atoms with van der Waals surface area (Å²) < 4.78 is 6.61. The molecule has 0 aromatic rings. The van der Waals surface area contributed by atoms with Crippen LogP contribution in [0.15, 0.2) is 23.3 Å². The second kappa shape index (κ2) is 9.84. The van der Waals surface area contributed by atoms with Crippen LogP contribution in [-0.2, 0) is 4.43 Å². The van der Waals surface area contributed by atoms with Gasteiger partial charge < -0.3 is 4.43 Å². The van der Waals surface area contributed by atoms with Gasteiger partial charge in [-0.15, -0.1) is 0 Å². The first kappa shape index (κ1) is 26.7. The van der Waals surface area contributed by atoms with Gasteiger partial charge in [0.05, 0.1) is 0 Å². The molecule has 2 unspecified atom stereocenters. The Bertz CT molecular complexity index is 787. The van der Waals surface area contributed by atoms with Crippen molar-refractivity contribution in [3.05, 3.63) is 23.3 Å². The molecule has 2 heteroatoms. The highest BCUT2D eigenvalue weighted by atomic mass is 28.4. The molecule has 34 heavy (non-hydrogen) atoms. The van der Waals surface area contributed by atoms with E-state index < -0.39 is 8.32 Å². The van der Waals surface area contributed by atoms with Crippen molar-refractivity contribution >= 4 is 8.32 Å². The van der Waals surface area contributed by atoms with Gasteiger partial charge in [-0.25, -0.2) is 0 Å². The normalized spacial score (nSPS) is 41.5. The molecule has 0 saturated heterocycles. The standard InChI is InChI=1S/C32H56OSi/c1-10-24(22(2)3)12-11-23(4)28-15-16-29-27-14-13-25-21-26(33-34(7,8)9)17-19-31(25,5)30(27)18-20-32(28,29)6/h10,14,22-23,25-26,28-30H,11-13,15-21H2,1-9H3/b24-10-/t23-,25?,26?,28-,29+,30+,31+,32-/m1/s1. The van der Waals surface area contributed by atoms with Gasteiger partial charge in [-0.1, -0.05) is 57.9 Å². The highest BCUT2D eigenvalue weighted by molar-refractivity contribution is 6.69. The third kappa shape index (κ3) is 4.93. The van der Waals surface area contributed by atoms with E-state index >= 15 is 0 Å². The van der Waals surface area contributed by atoms with Gasteiger partial charge in [0.2, 0.25) is 0 Å². The molecule has 4 aliphatic rings. The third-order valence-electron chi connectivity index (χ3n) is 11.3. The zero-order valence-corrected chi connectivity index (χ0v) is 25.2. The molecule has 4 aliphatic carbocycles. The van der Waals surface area contributed by atoms with Crippen molar-refractivity contribution in [1.29, 1.82) is 0 Å². The maximum atomic E-state index is 6.61. The van der Waals surface area contributed by atoms with E-state index in [0.717, 1.165) is 29.6 Å². The Morgan fingerprint density at radius 1 is 1.03 bits per heavy atom. The fraction of sp³-hybridized carbons (Fsp3) is 0.875. The Morgan fingerprint density at radius 3 is 2.35 bits per heavy atom. The molecule has 3 fully saturated rings. The van der Waals surface area contributed by atoms with Gasteiger partial charge in [0.25, 0.3) is 0 Å². The van der Waals surface area contributed by atoms with Crippen molar-refractivity contribution in [2.24, 2.45) is 46.3 Å². The molecule has 0 radical (unpaired) electrons. The van der Waals surface area contributed by atoms with Crippen LogP contribution >= 0.6 is 0 Å². The Hall–Kier alpha value is -0.343. The number of hydrogen-bond acceptors (Lipinski definition) is 1. The van der Waals surface area contributed by atoms with Gasteiger partial charge in [0.1, 0.15) is 0 Å². The maximum absolute atomic E-state index is 6.61. The van der Waals surface area contributed by atoms with E-state index in [0.29, 0.717) is 22.9 Å². The molecule has 0 bridgehead atoms. The summed E-state index contributed by atoms with van der Waals surface area (Å²) in [6.07, 6.45) is 19.5. The first-order valence-corrected chi connectivity index (χ1v) is 18.3. The van der Waals surface area contributed by atoms with Crippen LogP contribution in [0.25, 0.3) is 0 Å². The summed E-state index contributed by atoms with van der Waals surface area (Å²) in [4.78, 5) is 0. The lowest BCUT2D eigenvalue weighted by Gasteiger charge is -2.58. The molecule has 0 aromatic heterocycles. The summed E-state index contributed by atoms with van der Waals surface area (Å²) in [5, 5.41) is 0. The molecule has 194 valence electrons. The van der Waals surface area contributed by atoms with Crippen LogP contribution in [0, 0.1) is 46.3 Å². The Morgan fingerprint density at radius 2 is 1.71 bits per heavy atom. The van der Waals surface area contributed by atoms with Crippen LogP contribution in [0.5, 0.6) is 0 Å². The Labute approximate surface area is 213 Å². The molecule has 1 nitrogen and oxygen atoms in total. The quantitative estimate of drug-likeness (QED) is 0.258. The van der Waals surface area contributed by atoms with Gasteiger partial charge in [-0.2, -0.15) is 0 Å². The minimum atomic E-state index is -1.45. The van der Waals surface area contributed by atoms with E-state index in [4.69, 9.17) is 4.43 Å². The molecule has 3 saturated carbocycles. The third-order valence-corrected chi connectivity index (χ3v) is 12.4. The number of rotatable bonds is 7. The van der Waals surface area contributed by atoms with Crippen molar-refractivity contribution in [2.45, 2.75) is 131 Å². The van der Waals surface area contributed by atoms with Crippen molar-refractivity contribution in [3.8, 4) is 0 Å². The topological polar surface area (TPSA) is 9.23 Å². The molecule has 0 N–H and O–H groups in total. The lowest BCUT2D eigenvalue weighted by molar-refractivity contribution is -0.0383.